The summed E-state index contributed by atoms with van der Waals surface area (Å²) in [4.78, 5) is 46.4. The molecule has 0 bridgehead atoms. The molecule has 1 aliphatic heterocycles. The van der Waals surface area contributed by atoms with Crippen molar-refractivity contribution in [1.29, 1.82) is 0 Å². The average molecular weight is 401 g/mol. The number of phenols is 1. The summed E-state index contributed by atoms with van der Waals surface area (Å²) in [5.41, 5.74) is 1.04. The molecule has 1 aromatic heterocycles. The van der Waals surface area contributed by atoms with E-state index in [-0.39, 0.29) is 34.4 Å². The van der Waals surface area contributed by atoms with Crippen LogP contribution in [0.1, 0.15) is 20.7 Å². The first-order chi connectivity index (χ1) is 14.4. The third-order valence-corrected chi connectivity index (χ3v) is 5.64. The van der Waals surface area contributed by atoms with Gasteiger partial charge in [0.05, 0.1) is 16.6 Å². The van der Waals surface area contributed by atoms with Crippen LogP contribution in [0.3, 0.4) is 0 Å². The van der Waals surface area contributed by atoms with E-state index in [1.165, 1.54) is 17.0 Å². The molecule has 0 fully saturated rings. The molecule has 7 nitrogen and oxygen atoms in total. The summed E-state index contributed by atoms with van der Waals surface area (Å²) in [6.45, 7) is 0.775. The predicted octanol–water partition coefficient (Wildman–Crippen LogP) is 2.70. The number of likely N-dealkylation sites (N-methyl/N-ethyl adjacent to an activating group) is 1. The van der Waals surface area contributed by atoms with Crippen molar-refractivity contribution in [3.63, 3.8) is 0 Å². The van der Waals surface area contributed by atoms with Crippen LogP contribution < -0.4 is 5.43 Å². The van der Waals surface area contributed by atoms with Crippen molar-refractivity contribution in [1.82, 2.24) is 14.8 Å². The van der Waals surface area contributed by atoms with Crippen molar-refractivity contribution in [2.75, 3.05) is 27.2 Å². The van der Waals surface area contributed by atoms with Crippen molar-refractivity contribution in [2.24, 2.45) is 0 Å². The summed E-state index contributed by atoms with van der Waals surface area (Å²) < 4.78 is 0. The Morgan fingerprint density at radius 3 is 2.37 bits per heavy atom. The Morgan fingerprint density at radius 2 is 1.63 bits per heavy atom. The molecule has 0 saturated heterocycles. The number of hydrogen-bond donors (Lipinski definition) is 2. The average Bonchev–Trinajstić information content (AvgIpc) is 3.16. The number of hydrogen-bond acceptors (Lipinski definition) is 5. The van der Waals surface area contributed by atoms with Crippen LogP contribution in [0, 0.1) is 0 Å². The predicted molar refractivity (Wildman–Crippen MR) is 115 cm³/mol. The van der Waals surface area contributed by atoms with E-state index in [4.69, 9.17) is 0 Å². The number of aromatic hydroxyl groups is 1. The van der Waals surface area contributed by atoms with E-state index < -0.39 is 11.8 Å². The van der Waals surface area contributed by atoms with Crippen LogP contribution in [0.2, 0.25) is 0 Å². The summed E-state index contributed by atoms with van der Waals surface area (Å²) >= 11 is 0. The summed E-state index contributed by atoms with van der Waals surface area (Å²) in [5.74, 6) is -0.812. The highest BCUT2D eigenvalue weighted by Gasteiger charge is 2.39. The van der Waals surface area contributed by atoms with Gasteiger partial charge in [-0.2, -0.15) is 0 Å². The first-order valence-electron chi connectivity index (χ1n) is 9.63. The first-order valence-corrected chi connectivity index (χ1v) is 9.63. The molecule has 4 aromatic rings. The molecule has 7 heteroatoms. The largest absolute Gasteiger partial charge is 0.508 e. The summed E-state index contributed by atoms with van der Waals surface area (Å²) in [7, 11) is 3.75. The lowest BCUT2D eigenvalue weighted by atomic mass is 10.0. The van der Waals surface area contributed by atoms with Crippen molar-refractivity contribution in [2.45, 2.75) is 0 Å². The molecule has 0 spiro atoms. The number of rotatable bonds is 3. The van der Waals surface area contributed by atoms with Crippen molar-refractivity contribution in [3.8, 4) is 5.75 Å². The fourth-order valence-electron chi connectivity index (χ4n) is 4.20. The number of fused-ring (bicyclic) bond motifs is 7. The van der Waals surface area contributed by atoms with E-state index in [2.05, 4.69) is 4.98 Å². The molecular weight excluding hydrogens is 382 g/mol. The van der Waals surface area contributed by atoms with Crippen LogP contribution in [0.15, 0.2) is 47.3 Å². The van der Waals surface area contributed by atoms with Crippen LogP contribution in [0.5, 0.6) is 5.75 Å². The summed E-state index contributed by atoms with van der Waals surface area (Å²) in [6, 6.07) is 11.5. The Labute approximate surface area is 171 Å². The van der Waals surface area contributed by atoms with Gasteiger partial charge in [-0.1, -0.05) is 24.3 Å². The molecule has 30 heavy (non-hydrogen) atoms. The molecule has 3 aromatic carbocycles. The Kier molecular flexibility index (Phi) is 3.91. The van der Waals surface area contributed by atoms with Crippen molar-refractivity contribution in [3.05, 3.63) is 63.8 Å². The maximum absolute atomic E-state index is 13.5. The van der Waals surface area contributed by atoms with E-state index in [1.807, 2.05) is 19.0 Å². The van der Waals surface area contributed by atoms with Gasteiger partial charge in [0.1, 0.15) is 5.75 Å². The van der Waals surface area contributed by atoms with Gasteiger partial charge < -0.3 is 15.0 Å². The van der Waals surface area contributed by atoms with E-state index in [1.54, 1.807) is 30.3 Å². The fourth-order valence-corrected chi connectivity index (χ4v) is 4.20. The summed E-state index contributed by atoms with van der Waals surface area (Å²) in [6.07, 6.45) is 0. The van der Waals surface area contributed by atoms with Crippen LogP contribution in [0.25, 0.3) is 32.6 Å². The van der Waals surface area contributed by atoms with Crippen LogP contribution in [-0.2, 0) is 0 Å². The number of aromatic nitrogens is 1. The number of nitrogens with one attached hydrogen (secondary N) is 1. The lowest BCUT2D eigenvalue weighted by Crippen LogP contribution is -2.36. The number of carbonyl (C=O) groups excluding carboxylic acids is 2. The third kappa shape index (κ3) is 2.45. The monoisotopic (exact) mass is 401 g/mol. The molecular formula is C23H19N3O4. The number of phenolic OH excluding ortho intramolecular Hbond substituents is 1. The van der Waals surface area contributed by atoms with Crippen LogP contribution in [-0.4, -0.2) is 58.9 Å². The van der Waals surface area contributed by atoms with E-state index in [9.17, 15) is 19.5 Å². The van der Waals surface area contributed by atoms with Crippen LogP contribution >= 0.6 is 0 Å². The zero-order valence-corrected chi connectivity index (χ0v) is 16.5. The number of amides is 2. The van der Waals surface area contributed by atoms with E-state index in [0.29, 0.717) is 33.6 Å². The second-order valence-corrected chi connectivity index (χ2v) is 7.79. The molecule has 0 saturated carbocycles. The highest BCUT2D eigenvalue weighted by Crippen LogP contribution is 2.37. The standard InChI is InChI=1S/C23H19N3O4/c1-25(2)9-10-26-22(29)18-13-5-3-4-6-14(13)21(28)20-17(19(18)23(26)30)15-11-12(27)7-8-16(15)24-20/h3-8,11,24,27H,9-10H2,1-2H3. The number of imide groups is 1. The summed E-state index contributed by atoms with van der Waals surface area (Å²) in [5, 5.41) is 11.8. The maximum Gasteiger partial charge on any atom is 0.262 e. The molecule has 150 valence electrons. The minimum absolute atomic E-state index is 0.0156. The fraction of sp³-hybridized carbons (Fsp3) is 0.174. The third-order valence-electron chi connectivity index (χ3n) is 5.64. The number of carbonyl (C=O) groups is 2. The Bertz CT molecular complexity index is 1450. The zero-order chi connectivity index (χ0) is 21.2. The van der Waals surface area contributed by atoms with Crippen molar-refractivity contribution >= 4 is 44.4 Å². The smallest absolute Gasteiger partial charge is 0.262 e. The zero-order valence-electron chi connectivity index (χ0n) is 16.5. The highest BCUT2D eigenvalue weighted by molar-refractivity contribution is 6.33. The second-order valence-electron chi connectivity index (χ2n) is 7.79. The molecule has 0 atom stereocenters. The molecule has 1 aliphatic rings. The van der Waals surface area contributed by atoms with Gasteiger partial charge in [-0.05, 0) is 37.7 Å². The molecule has 0 unspecified atom stereocenters. The van der Waals surface area contributed by atoms with Gasteiger partial charge in [-0.3, -0.25) is 19.3 Å². The first kappa shape index (κ1) is 18.3. The SMILES string of the molecule is CN(C)CCN1C(=O)c2c(c3c([nH]c4ccc(O)cc43)c(=O)c3ccccc23)C1=O. The normalized spacial score (nSPS) is 13.9. The number of benzene rings is 2. The number of aromatic amines is 1. The molecule has 2 N–H and O–H groups in total. The lowest BCUT2D eigenvalue weighted by Gasteiger charge is -2.17. The molecule has 0 aliphatic carbocycles. The second kappa shape index (κ2) is 6.40. The maximum atomic E-state index is 13.5. The topological polar surface area (TPSA) is 93.7 Å². The Balaban J connectivity index is 1.98. The van der Waals surface area contributed by atoms with Crippen molar-refractivity contribution < 1.29 is 14.7 Å². The Hall–Kier alpha value is -3.71. The molecule has 2 amide bonds. The van der Waals surface area contributed by atoms with Gasteiger partial charge in [0.25, 0.3) is 11.8 Å². The highest BCUT2D eigenvalue weighted by atomic mass is 16.3. The molecule has 0 radical (unpaired) electrons. The minimum Gasteiger partial charge on any atom is -0.508 e. The number of H-pyrrole nitrogens is 1. The van der Waals surface area contributed by atoms with Gasteiger partial charge >= 0.3 is 0 Å². The van der Waals surface area contributed by atoms with Gasteiger partial charge in [-0.25, -0.2) is 0 Å². The van der Waals surface area contributed by atoms with Gasteiger partial charge in [0.15, 0.2) is 0 Å². The Morgan fingerprint density at radius 1 is 0.933 bits per heavy atom. The molecule has 2 heterocycles. The van der Waals surface area contributed by atoms with Gasteiger partial charge in [0.2, 0.25) is 5.43 Å². The van der Waals surface area contributed by atoms with Gasteiger partial charge in [-0.15, -0.1) is 0 Å². The van der Waals surface area contributed by atoms with Crippen LogP contribution in [0.4, 0.5) is 0 Å². The van der Waals surface area contributed by atoms with E-state index in [0.717, 1.165) is 0 Å². The minimum atomic E-state index is -0.424. The quantitative estimate of drug-likeness (QED) is 0.515. The lowest BCUT2D eigenvalue weighted by molar-refractivity contribution is 0.0646. The number of nitrogens with zero attached hydrogens (tertiary/aromatic N) is 2. The molecule has 5 rings (SSSR count). The van der Waals surface area contributed by atoms with E-state index >= 15 is 0 Å². The van der Waals surface area contributed by atoms with Gasteiger partial charge in [0, 0.05) is 34.8 Å².